The highest BCUT2D eigenvalue weighted by Crippen LogP contribution is 2.26. The van der Waals surface area contributed by atoms with Crippen molar-refractivity contribution in [3.05, 3.63) is 61.2 Å². The van der Waals surface area contributed by atoms with Crippen LogP contribution in [0.3, 0.4) is 0 Å². The molecular formula is C17H11F2N5O. The van der Waals surface area contributed by atoms with Gasteiger partial charge in [0.25, 0.3) is 5.78 Å². The van der Waals surface area contributed by atoms with Crippen molar-refractivity contribution in [2.24, 2.45) is 0 Å². The minimum atomic E-state index is -2.85. The van der Waals surface area contributed by atoms with Crippen LogP contribution in [0.5, 0.6) is 5.75 Å². The molecule has 0 N–H and O–H groups in total. The number of hydrogen-bond acceptors (Lipinski definition) is 5. The molecule has 3 heterocycles. The quantitative estimate of drug-likeness (QED) is 0.570. The smallest absolute Gasteiger partial charge is 0.387 e. The fourth-order valence-corrected chi connectivity index (χ4v) is 2.49. The van der Waals surface area contributed by atoms with Crippen LogP contribution >= 0.6 is 0 Å². The third-order valence-corrected chi connectivity index (χ3v) is 3.58. The van der Waals surface area contributed by atoms with E-state index < -0.39 is 6.61 Å². The lowest BCUT2D eigenvalue weighted by atomic mass is 10.1. The highest BCUT2D eigenvalue weighted by molar-refractivity contribution is 5.70. The minimum absolute atomic E-state index is 0.0924. The Kier molecular flexibility index (Phi) is 3.77. The molecule has 0 atom stereocenters. The van der Waals surface area contributed by atoms with Gasteiger partial charge in [0.2, 0.25) is 0 Å². The van der Waals surface area contributed by atoms with Gasteiger partial charge in [0.1, 0.15) is 12.1 Å². The molecule has 0 unspecified atom stereocenters. The molecule has 0 aliphatic rings. The second-order valence-electron chi connectivity index (χ2n) is 5.14. The third kappa shape index (κ3) is 3.01. The van der Waals surface area contributed by atoms with E-state index >= 15 is 0 Å². The zero-order valence-corrected chi connectivity index (χ0v) is 12.8. The van der Waals surface area contributed by atoms with Gasteiger partial charge >= 0.3 is 6.61 Å². The van der Waals surface area contributed by atoms with Gasteiger partial charge in [-0.15, -0.1) is 0 Å². The van der Waals surface area contributed by atoms with Crippen molar-refractivity contribution < 1.29 is 13.5 Å². The maximum absolute atomic E-state index is 12.3. The standard InChI is InChI=1S/C17H11F2N5O/c18-16(19)25-13-5-3-11(4-6-13)14-8-15(12-2-1-7-20-9-12)24-17(23-14)21-10-22-24/h1-10,16H. The van der Waals surface area contributed by atoms with Crippen LogP contribution in [0.15, 0.2) is 61.2 Å². The first-order chi connectivity index (χ1) is 12.2. The van der Waals surface area contributed by atoms with Crippen LogP contribution < -0.4 is 4.74 Å². The number of pyridine rings is 1. The second-order valence-corrected chi connectivity index (χ2v) is 5.14. The van der Waals surface area contributed by atoms with Gasteiger partial charge < -0.3 is 4.74 Å². The summed E-state index contributed by atoms with van der Waals surface area (Å²) in [6.07, 6.45) is 4.83. The molecule has 3 aromatic heterocycles. The summed E-state index contributed by atoms with van der Waals surface area (Å²) in [5.74, 6) is 0.527. The van der Waals surface area contributed by atoms with Crippen molar-refractivity contribution in [3.63, 3.8) is 0 Å². The van der Waals surface area contributed by atoms with Crippen molar-refractivity contribution in [1.29, 1.82) is 0 Å². The molecule has 25 heavy (non-hydrogen) atoms. The first-order valence-corrected chi connectivity index (χ1v) is 7.37. The first-order valence-electron chi connectivity index (χ1n) is 7.37. The molecule has 0 spiro atoms. The molecule has 8 heteroatoms. The largest absolute Gasteiger partial charge is 0.435 e. The average molecular weight is 339 g/mol. The predicted molar refractivity (Wildman–Crippen MR) is 86.1 cm³/mol. The van der Waals surface area contributed by atoms with E-state index in [-0.39, 0.29) is 5.75 Å². The van der Waals surface area contributed by atoms with E-state index in [1.54, 1.807) is 29.0 Å². The zero-order valence-electron chi connectivity index (χ0n) is 12.8. The van der Waals surface area contributed by atoms with Crippen LogP contribution in [0.1, 0.15) is 0 Å². The summed E-state index contributed by atoms with van der Waals surface area (Å²) in [7, 11) is 0. The number of halogens is 2. The Morgan fingerprint density at radius 2 is 1.88 bits per heavy atom. The molecule has 0 bridgehead atoms. The highest BCUT2D eigenvalue weighted by Gasteiger charge is 2.12. The number of alkyl halides is 2. The van der Waals surface area contributed by atoms with Crippen molar-refractivity contribution >= 4 is 5.78 Å². The van der Waals surface area contributed by atoms with E-state index in [9.17, 15) is 8.78 Å². The van der Waals surface area contributed by atoms with Crippen LogP contribution in [0.25, 0.3) is 28.3 Å². The monoisotopic (exact) mass is 339 g/mol. The molecule has 1 aromatic carbocycles. The Labute approximate surface area is 140 Å². The van der Waals surface area contributed by atoms with Crippen LogP contribution in [0.2, 0.25) is 0 Å². The van der Waals surface area contributed by atoms with Crippen molar-refractivity contribution in [2.45, 2.75) is 6.61 Å². The number of aromatic nitrogens is 5. The van der Waals surface area contributed by atoms with Gasteiger partial charge in [-0.2, -0.15) is 23.4 Å². The summed E-state index contributed by atoms with van der Waals surface area (Å²) < 4.78 is 30.5. The number of nitrogens with zero attached hydrogens (tertiary/aromatic N) is 5. The average Bonchev–Trinajstić information content (AvgIpc) is 3.10. The Balaban J connectivity index is 1.80. The van der Waals surface area contributed by atoms with E-state index in [0.29, 0.717) is 11.5 Å². The lowest BCUT2D eigenvalue weighted by Gasteiger charge is -2.08. The Morgan fingerprint density at radius 1 is 1.04 bits per heavy atom. The van der Waals surface area contributed by atoms with Crippen LogP contribution in [0.4, 0.5) is 8.78 Å². The minimum Gasteiger partial charge on any atom is -0.435 e. The van der Waals surface area contributed by atoms with Gasteiger partial charge in [0.05, 0.1) is 11.4 Å². The van der Waals surface area contributed by atoms with E-state index in [4.69, 9.17) is 0 Å². The van der Waals surface area contributed by atoms with Crippen molar-refractivity contribution in [3.8, 4) is 28.3 Å². The van der Waals surface area contributed by atoms with E-state index in [2.05, 4.69) is 24.8 Å². The van der Waals surface area contributed by atoms with Gasteiger partial charge in [-0.1, -0.05) is 0 Å². The van der Waals surface area contributed by atoms with Gasteiger partial charge in [-0.25, -0.2) is 4.98 Å². The number of ether oxygens (including phenoxy) is 1. The molecule has 0 saturated heterocycles. The molecule has 0 aliphatic heterocycles. The fraction of sp³-hybridized carbons (Fsp3) is 0.0588. The van der Waals surface area contributed by atoms with Gasteiger partial charge in [0.15, 0.2) is 0 Å². The lowest BCUT2D eigenvalue weighted by Crippen LogP contribution is -2.01. The summed E-state index contributed by atoms with van der Waals surface area (Å²) >= 11 is 0. The summed E-state index contributed by atoms with van der Waals surface area (Å²) in [4.78, 5) is 12.7. The molecule has 6 nitrogen and oxygen atoms in total. The molecule has 0 saturated carbocycles. The summed E-state index contributed by atoms with van der Waals surface area (Å²) in [6.45, 7) is -2.85. The Hall–Kier alpha value is -3.42. The number of benzene rings is 1. The SMILES string of the molecule is FC(F)Oc1ccc(-c2cc(-c3cccnc3)n3ncnc3n2)cc1. The first kappa shape index (κ1) is 15.1. The molecule has 0 radical (unpaired) electrons. The van der Waals surface area contributed by atoms with Crippen LogP contribution in [-0.2, 0) is 0 Å². The molecule has 0 amide bonds. The number of rotatable bonds is 4. The van der Waals surface area contributed by atoms with Crippen LogP contribution in [-0.4, -0.2) is 31.2 Å². The summed E-state index contributed by atoms with van der Waals surface area (Å²) in [6, 6.07) is 11.9. The summed E-state index contributed by atoms with van der Waals surface area (Å²) in [5.41, 5.74) is 3.03. The number of hydrogen-bond donors (Lipinski definition) is 0. The highest BCUT2D eigenvalue weighted by atomic mass is 19.3. The molecular weight excluding hydrogens is 328 g/mol. The Morgan fingerprint density at radius 3 is 2.60 bits per heavy atom. The fourth-order valence-electron chi connectivity index (χ4n) is 2.49. The molecule has 4 rings (SSSR count). The third-order valence-electron chi connectivity index (χ3n) is 3.58. The van der Waals surface area contributed by atoms with Crippen molar-refractivity contribution in [2.75, 3.05) is 0 Å². The van der Waals surface area contributed by atoms with Gasteiger partial charge in [-0.3, -0.25) is 4.98 Å². The Bertz CT molecular complexity index is 1000. The maximum atomic E-state index is 12.3. The van der Waals surface area contributed by atoms with E-state index in [0.717, 1.165) is 16.8 Å². The topological polar surface area (TPSA) is 65.2 Å². The van der Waals surface area contributed by atoms with E-state index in [1.807, 2.05) is 18.2 Å². The number of fused-ring (bicyclic) bond motifs is 1. The molecule has 0 aliphatic carbocycles. The predicted octanol–water partition coefficient (Wildman–Crippen LogP) is 3.45. The lowest BCUT2D eigenvalue weighted by molar-refractivity contribution is -0.0498. The normalized spacial score (nSPS) is 11.2. The van der Waals surface area contributed by atoms with Gasteiger partial charge in [0, 0.05) is 23.5 Å². The second kappa shape index (κ2) is 6.23. The zero-order chi connectivity index (χ0) is 17.2. The summed E-state index contributed by atoms with van der Waals surface area (Å²) in [5, 5.41) is 4.19. The van der Waals surface area contributed by atoms with Crippen LogP contribution in [0, 0.1) is 0 Å². The molecule has 4 aromatic rings. The molecule has 124 valence electrons. The van der Waals surface area contributed by atoms with E-state index in [1.165, 1.54) is 18.5 Å². The maximum Gasteiger partial charge on any atom is 0.387 e. The van der Waals surface area contributed by atoms with Crippen molar-refractivity contribution in [1.82, 2.24) is 24.6 Å². The molecule has 0 fully saturated rings. The van der Waals surface area contributed by atoms with Gasteiger partial charge in [-0.05, 0) is 42.5 Å².